The van der Waals surface area contributed by atoms with Gasteiger partial charge >= 0.3 is 0 Å². The molecule has 4 nitrogen and oxygen atoms in total. The van der Waals surface area contributed by atoms with E-state index in [1.807, 2.05) is 0 Å². The average molecular weight is 451 g/mol. The van der Waals surface area contributed by atoms with Crippen LogP contribution < -0.4 is 0 Å². The van der Waals surface area contributed by atoms with Gasteiger partial charge in [-0.05, 0) is 0 Å². The van der Waals surface area contributed by atoms with Crippen molar-refractivity contribution in [1.29, 1.82) is 0 Å². The van der Waals surface area contributed by atoms with Crippen LogP contribution in [0.25, 0.3) is 10.6 Å². The minimum atomic E-state index is -2.91. The van der Waals surface area contributed by atoms with Crippen LogP contribution in [0.15, 0.2) is 0 Å². The third-order valence-corrected chi connectivity index (χ3v) is 1.79. The van der Waals surface area contributed by atoms with Crippen LogP contribution in [0.5, 0.6) is 0 Å². The molecule has 0 heterocycles. The van der Waals surface area contributed by atoms with Crippen LogP contribution in [-0.2, 0) is 58.3 Å². The summed E-state index contributed by atoms with van der Waals surface area (Å²) in [7, 11) is -1.16. The summed E-state index contributed by atoms with van der Waals surface area (Å²) < 4.78 is 10.7. The van der Waals surface area contributed by atoms with Crippen molar-refractivity contribution < 1.29 is 63.2 Å². The summed E-state index contributed by atoms with van der Waals surface area (Å²) in [5.74, 6) is 0. The second kappa shape index (κ2) is 12.0. The minimum absolute atomic E-state index is 0. The van der Waals surface area contributed by atoms with Crippen LogP contribution in [0.3, 0.4) is 0 Å². The summed E-state index contributed by atoms with van der Waals surface area (Å²) in [6.45, 7) is 2.74. The van der Waals surface area contributed by atoms with Gasteiger partial charge in [-0.15, -0.1) is 0 Å². The summed E-state index contributed by atoms with van der Waals surface area (Å²) in [4.78, 5) is 8.81. The van der Waals surface area contributed by atoms with Gasteiger partial charge in [0.15, 0.2) is 7.37 Å². The van der Waals surface area contributed by atoms with E-state index in [4.69, 9.17) is 4.89 Å². The first-order chi connectivity index (χ1) is 5.06. The second-order valence-corrected chi connectivity index (χ2v) is 4.92. The van der Waals surface area contributed by atoms with Crippen molar-refractivity contribution in [2.75, 3.05) is 33.1 Å². The van der Waals surface area contributed by atoms with E-state index >= 15 is 0 Å². The van der Waals surface area contributed by atoms with Gasteiger partial charge in [-0.1, -0.05) is 12.7 Å². The molecule has 0 spiro atoms. The molecule has 1 radical (unpaired) electrons. The van der Waals surface area contributed by atoms with Gasteiger partial charge in [-0.25, -0.2) is 0 Å². The van der Waals surface area contributed by atoms with Crippen molar-refractivity contribution in [2.45, 2.75) is 6.42 Å². The molecule has 0 aliphatic rings. The summed E-state index contributed by atoms with van der Waals surface area (Å²) in [5, 5.41) is 7.79. The maximum atomic E-state index is 10.7. The Kier molecular flexibility index (Phi) is 18.7. The van der Waals surface area contributed by atoms with Gasteiger partial charge < -0.3 is 15.5 Å². The van der Waals surface area contributed by atoms with Gasteiger partial charge in [0.05, 0.1) is 0 Å². The van der Waals surface area contributed by atoms with E-state index in [-0.39, 0.29) is 60.1 Å². The van der Waals surface area contributed by atoms with Gasteiger partial charge in [0, 0.05) is 60.4 Å². The fourth-order valence-electron chi connectivity index (χ4n) is 0.597. The third kappa shape index (κ3) is 20.1. The largest absolute Gasteiger partial charge is 0.665 e. The summed E-state index contributed by atoms with van der Waals surface area (Å²) in [6, 6.07) is 0. The zero-order chi connectivity index (χ0) is 8.74. The van der Waals surface area contributed by atoms with E-state index in [0.29, 0.717) is 6.54 Å². The standard InChI is InChI=1S/C6H15N2O2P.W.Y/c1-7-4-3-5-8-6-11(2,9)10;;/h3-6H2,1-2H3,(H,9,10);;/q-2;;. The predicted octanol–water partition coefficient (Wildman–Crippen LogP) is 1.61. The first kappa shape index (κ1) is 20.3. The summed E-state index contributed by atoms with van der Waals surface area (Å²) >= 11 is 0. The Balaban J connectivity index is -0.000000500. The van der Waals surface area contributed by atoms with Gasteiger partial charge in [0.25, 0.3) is 0 Å². The predicted molar refractivity (Wildman–Crippen MR) is 47.6 cm³/mol. The van der Waals surface area contributed by atoms with Crippen molar-refractivity contribution in [3.05, 3.63) is 10.6 Å². The van der Waals surface area contributed by atoms with Gasteiger partial charge in [0.1, 0.15) is 0 Å². The van der Waals surface area contributed by atoms with E-state index in [9.17, 15) is 4.57 Å². The molecule has 77 valence electrons. The molecule has 0 saturated heterocycles. The van der Waals surface area contributed by atoms with Crippen LogP contribution in [0.4, 0.5) is 0 Å². The van der Waals surface area contributed by atoms with Crippen molar-refractivity contribution in [3.63, 3.8) is 0 Å². The van der Waals surface area contributed by atoms with Crippen molar-refractivity contribution in [2.24, 2.45) is 0 Å². The zero-order valence-corrected chi connectivity index (χ0v) is 14.7. The van der Waals surface area contributed by atoms with E-state index in [1.165, 1.54) is 6.66 Å². The monoisotopic (exact) mass is 451 g/mol. The van der Waals surface area contributed by atoms with Crippen LogP contribution in [0, 0.1) is 0 Å². The molecule has 1 unspecified atom stereocenters. The zero-order valence-electron chi connectivity index (χ0n) is 8.01. The molecule has 0 saturated carbocycles. The Morgan fingerprint density at radius 1 is 1.38 bits per heavy atom. The molecule has 0 rings (SSSR count). The molecule has 1 atom stereocenters. The molecule has 0 aliphatic heterocycles. The number of hydrogen-bond acceptors (Lipinski definition) is 1. The first-order valence-electron chi connectivity index (χ1n) is 3.54. The van der Waals surface area contributed by atoms with Gasteiger partial charge in [0.2, 0.25) is 0 Å². The van der Waals surface area contributed by atoms with E-state index < -0.39 is 7.37 Å². The SMILES string of the molecule is C[N-]CCC[N-]CP(C)(=O)O.[W].[Y]. The fraction of sp³-hybridized carbons (Fsp3) is 1.00. The van der Waals surface area contributed by atoms with Crippen molar-refractivity contribution in [1.82, 2.24) is 0 Å². The van der Waals surface area contributed by atoms with Gasteiger partial charge in [-0.2, -0.15) is 20.1 Å². The van der Waals surface area contributed by atoms with E-state index in [2.05, 4.69) is 10.6 Å². The Hall–Kier alpha value is 1.90. The van der Waals surface area contributed by atoms with Crippen LogP contribution in [0.1, 0.15) is 6.42 Å². The maximum absolute atomic E-state index is 10.7. The van der Waals surface area contributed by atoms with Crippen LogP contribution in [0.2, 0.25) is 0 Å². The molecule has 0 aromatic rings. The topological polar surface area (TPSA) is 65.5 Å². The quantitative estimate of drug-likeness (QED) is 0.493. The molecule has 0 aromatic heterocycles. The number of rotatable bonds is 6. The fourth-order valence-corrected chi connectivity index (χ4v) is 1.11. The molecule has 0 fully saturated rings. The number of hydrogen-bond donors (Lipinski definition) is 1. The van der Waals surface area contributed by atoms with Crippen LogP contribution in [-0.4, -0.2) is 38.0 Å². The van der Waals surface area contributed by atoms with Crippen molar-refractivity contribution in [3.8, 4) is 0 Å². The van der Waals surface area contributed by atoms with E-state index in [1.54, 1.807) is 7.05 Å². The molecule has 0 amide bonds. The molecular formula is C6H15N2O2PWY-2. The number of nitrogens with zero attached hydrogens (tertiary/aromatic N) is 2. The summed E-state index contributed by atoms with van der Waals surface area (Å²) in [5.41, 5.74) is 0. The Bertz CT molecular complexity index is 145. The molecule has 13 heavy (non-hydrogen) atoms. The smallest absolute Gasteiger partial charge is 0.177 e. The Labute approximate surface area is 120 Å². The third-order valence-electron chi connectivity index (χ3n) is 1.06. The molecule has 0 aromatic carbocycles. The maximum Gasteiger partial charge on any atom is 0.177 e. The van der Waals surface area contributed by atoms with E-state index in [0.717, 1.165) is 13.0 Å². The minimum Gasteiger partial charge on any atom is -0.665 e. The van der Waals surface area contributed by atoms with Gasteiger partial charge in [-0.3, -0.25) is 4.57 Å². The normalized spacial score (nSPS) is 13.8. The molecular weight excluding hydrogens is 436 g/mol. The van der Waals surface area contributed by atoms with Crippen LogP contribution >= 0.6 is 7.37 Å². The summed E-state index contributed by atoms with van der Waals surface area (Å²) in [6.07, 6.45) is 0.952. The molecule has 0 aliphatic carbocycles. The van der Waals surface area contributed by atoms with Crippen molar-refractivity contribution >= 4 is 7.37 Å². The Morgan fingerprint density at radius 3 is 2.31 bits per heavy atom. The molecule has 1 N–H and O–H groups in total. The molecule has 0 bridgehead atoms. The second-order valence-electron chi connectivity index (χ2n) is 2.53. The molecule has 7 heteroatoms. The first-order valence-corrected chi connectivity index (χ1v) is 5.83. The average Bonchev–Trinajstić information content (AvgIpc) is 1.85. The Morgan fingerprint density at radius 2 is 1.92 bits per heavy atom.